The van der Waals surface area contributed by atoms with Crippen LogP contribution in [0.3, 0.4) is 0 Å². The largest absolute Gasteiger partial charge is 0.376 e. The Labute approximate surface area is 179 Å². The fourth-order valence-corrected chi connectivity index (χ4v) is 5.04. The lowest BCUT2D eigenvalue weighted by atomic mass is 10.0. The molecule has 1 aromatic rings. The highest BCUT2D eigenvalue weighted by atomic mass is 16.5. The molecular formula is C23H36N4O3. The zero-order valence-electron chi connectivity index (χ0n) is 18.4. The van der Waals surface area contributed by atoms with E-state index in [1.807, 2.05) is 9.47 Å². The molecule has 0 aromatic carbocycles. The molecule has 7 nitrogen and oxygen atoms in total. The standard InChI is InChI=1S/C23H36N4O3/c1-2-13-30-19-7-6-10-26(16-19)23(29)17-25-12-9-18(15-25)20-14-22(28)27-11-5-3-4-8-21(27)24-20/h14,18-19H,2-13,15-17H2,1H3/t18-,19-/m1/s1. The molecule has 3 aliphatic heterocycles. The first-order chi connectivity index (χ1) is 14.6. The van der Waals surface area contributed by atoms with Crippen LogP contribution in [0.2, 0.25) is 0 Å². The van der Waals surface area contributed by atoms with Gasteiger partial charge in [0.25, 0.3) is 5.56 Å². The molecule has 1 aromatic heterocycles. The topological polar surface area (TPSA) is 67.7 Å². The van der Waals surface area contributed by atoms with Crippen molar-refractivity contribution in [2.45, 2.75) is 76.9 Å². The number of carbonyl (C=O) groups is 1. The van der Waals surface area contributed by atoms with Gasteiger partial charge in [-0.3, -0.25) is 19.1 Å². The maximum Gasteiger partial charge on any atom is 0.253 e. The minimum Gasteiger partial charge on any atom is -0.376 e. The van der Waals surface area contributed by atoms with E-state index in [0.29, 0.717) is 6.54 Å². The van der Waals surface area contributed by atoms with Crippen molar-refractivity contribution in [3.63, 3.8) is 0 Å². The highest BCUT2D eigenvalue weighted by Gasteiger charge is 2.30. The molecular weight excluding hydrogens is 380 g/mol. The van der Waals surface area contributed by atoms with Crippen LogP contribution in [-0.2, 0) is 22.5 Å². The van der Waals surface area contributed by atoms with Gasteiger partial charge in [0.05, 0.1) is 18.3 Å². The van der Waals surface area contributed by atoms with Gasteiger partial charge in [-0.05, 0) is 45.1 Å². The molecule has 166 valence electrons. The second-order valence-electron chi connectivity index (χ2n) is 9.09. The van der Waals surface area contributed by atoms with Gasteiger partial charge in [0, 0.05) is 51.2 Å². The summed E-state index contributed by atoms with van der Waals surface area (Å²) >= 11 is 0. The maximum absolute atomic E-state index is 12.9. The summed E-state index contributed by atoms with van der Waals surface area (Å²) in [6.07, 6.45) is 8.47. The number of ether oxygens (including phenoxy) is 1. The Kier molecular flexibility index (Phi) is 7.20. The third-order valence-corrected chi connectivity index (χ3v) is 6.73. The number of amides is 1. The van der Waals surface area contributed by atoms with Gasteiger partial charge < -0.3 is 9.64 Å². The van der Waals surface area contributed by atoms with Crippen molar-refractivity contribution in [1.82, 2.24) is 19.4 Å². The van der Waals surface area contributed by atoms with E-state index in [4.69, 9.17) is 9.72 Å². The quantitative estimate of drug-likeness (QED) is 0.711. The smallest absolute Gasteiger partial charge is 0.253 e. The van der Waals surface area contributed by atoms with Gasteiger partial charge in [0.1, 0.15) is 5.82 Å². The molecule has 30 heavy (non-hydrogen) atoms. The zero-order valence-corrected chi connectivity index (χ0v) is 18.4. The van der Waals surface area contributed by atoms with Gasteiger partial charge in [0.2, 0.25) is 5.91 Å². The second-order valence-corrected chi connectivity index (χ2v) is 9.09. The summed E-state index contributed by atoms with van der Waals surface area (Å²) in [4.78, 5) is 34.6. The van der Waals surface area contributed by atoms with Gasteiger partial charge in [-0.1, -0.05) is 13.3 Å². The van der Waals surface area contributed by atoms with E-state index < -0.39 is 0 Å². The number of aromatic nitrogens is 2. The van der Waals surface area contributed by atoms with E-state index in [1.165, 1.54) is 0 Å². The fraction of sp³-hybridized carbons (Fsp3) is 0.783. The van der Waals surface area contributed by atoms with Crippen LogP contribution < -0.4 is 5.56 Å². The van der Waals surface area contributed by atoms with Crippen LogP contribution in [0.5, 0.6) is 0 Å². The number of piperidine rings is 1. The van der Waals surface area contributed by atoms with Crippen LogP contribution in [0, 0.1) is 0 Å². The van der Waals surface area contributed by atoms with Gasteiger partial charge in [-0.15, -0.1) is 0 Å². The average molecular weight is 417 g/mol. The molecule has 0 N–H and O–H groups in total. The lowest BCUT2D eigenvalue weighted by Gasteiger charge is -2.33. The van der Waals surface area contributed by atoms with Crippen molar-refractivity contribution in [3.05, 3.63) is 27.9 Å². The Balaban J connectivity index is 1.33. The number of carbonyl (C=O) groups excluding carboxylic acids is 1. The first-order valence-corrected chi connectivity index (χ1v) is 11.9. The summed E-state index contributed by atoms with van der Waals surface area (Å²) in [5, 5.41) is 0. The zero-order chi connectivity index (χ0) is 20.9. The number of likely N-dealkylation sites (tertiary alicyclic amines) is 2. The summed E-state index contributed by atoms with van der Waals surface area (Å²) in [7, 11) is 0. The Morgan fingerprint density at radius 2 is 2.03 bits per heavy atom. The maximum atomic E-state index is 12.9. The molecule has 2 saturated heterocycles. The number of aryl methyl sites for hydroxylation is 1. The number of rotatable bonds is 6. The average Bonchev–Trinajstić information content (AvgIpc) is 3.08. The Morgan fingerprint density at radius 3 is 2.90 bits per heavy atom. The second kappa shape index (κ2) is 10.1. The van der Waals surface area contributed by atoms with E-state index in [1.54, 1.807) is 6.07 Å². The molecule has 3 aliphatic rings. The van der Waals surface area contributed by atoms with Gasteiger partial charge in [-0.25, -0.2) is 4.98 Å². The summed E-state index contributed by atoms with van der Waals surface area (Å²) in [5.74, 6) is 1.41. The molecule has 2 fully saturated rings. The monoisotopic (exact) mass is 416 g/mol. The van der Waals surface area contributed by atoms with E-state index in [2.05, 4.69) is 11.8 Å². The number of hydrogen-bond acceptors (Lipinski definition) is 5. The highest BCUT2D eigenvalue weighted by molar-refractivity contribution is 5.78. The van der Waals surface area contributed by atoms with E-state index in [-0.39, 0.29) is 23.5 Å². The molecule has 2 atom stereocenters. The minimum atomic E-state index is 0.0952. The number of hydrogen-bond donors (Lipinski definition) is 0. The molecule has 0 saturated carbocycles. The van der Waals surface area contributed by atoms with E-state index in [0.717, 1.165) is 102 Å². The number of fused-ring (bicyclic) bond motifs is 1. The molecule has 0 unspecified atom stereocenters. The fourth-order valence-electron chi connectivity index (χ4n) is 5.04. The SMILES string of the molecule is CCCO[C@@H]1CCCN(C(=O)CN2CC[C@@H](c3cc(=O)n4c(n3)CCCCC4)C2)C1. The molecule has 0 radical (unpaired) electrons. The normalized spacial score (nSPS) is 25.2. The van der Waals surface area contributed by atoms with Crippen molar-refractivity contribution in [3.8, 4) is 0 Å². The lowest BCUT2D eigenvalue weighted by Crippen LogP contribution is -2.47. The Hall–Kier alpha value is -1.73. The molecule has 0 bridgehead atoms. The van der Waals surface area contributed by atoms with Gasteiger partial charge in [0.15, 0.2) is 0 Å². The first kappa shape index (κ1) is 21.5. The third kappa shape index (κ3) is 5.11. The molecule has 4 rings (SSSR count). The van der Waals surface area contributed by atoms with Crippen molar-refractivity contribution < 1.29 is 9.53 Å². The summed E-state index contributed by atoms with van der Waals surface area (Å²) < 4.78 is 7.74. The Bertz CT molecular complexity index is 793. The molecule has 0 aliphatic carbocycles. The molecule has 4 heterocycles. The molecule has 7 heteroatoms. The Morgan fingerprint density at radius 1 is 1.13 bits per heavy atom. The van der Waals surface area contributed by atoms with Crippen LogP contribution in [0.25, 0.3) is 0 Å². The highest BCUT2D eigenvalue weighted by Crippen LogP contribution is 2.26. The van der Waals surface area contributed by atoms with Crippen LogP contribution in [0.1, 0.15) is 69.3 Å². The third-order valence-electron chi connectivity index (χ3n) is 6.73. The minimum absolute atomic E-state index is 0.0952. The van der Waals surface area contributed by atoms with Crippen molar-refractivity contribution >= 4 is 5.91 Å². The predicted molar refractivity (Wildman–Crippen MR) is 116 cm³/mol. The van der Waals surface area contributed by atoms with Crippen molar-refractivity contribution in [1.29, 1.82) is 0 Å². The van der Waals surface area contributed by atoms with Crippen molar-refractivity contribution in [2.24, 2.45) is 0 Å². The lowest BCUT2D eigenvalue weighted by molar-refractivity contribution is -0.136. The van der Waals surface area contributed by atoms with Crippen LogP contribution in [-0.4, -0.2) is 70.7 Å². The van der Waals surface area contributed by atoms with Crippen LogP contribution in [0.15, 0.2) is 10.9 Å². The summed E-state index contributed by atoms with van der Waals surface area (Å²) in [5.41, 5.74) is 1.02. The summed E-state index contributed by atoms with van der Waals surface area (Å²) in [6.45, 7) is 7.40. The van der Waals surface area contributed by atoms with E-state index >= 15 is 0 Å². The summed E-state index contributed by atoms with van der Waals surface area (Å²) in [6, 6.07) is 1.74. The van der Waals surface area contributed by atoms with E-state index in [9.17, 15) is 9.59 Å². The number of nitrogens with zero attached hydrogens (tertiary/aromatic N) is 4. The van der Waals surface area contributed by atoms with Gasteiger partial charge in [-0.2, -0.15) is 0 Å². The van der Waals surface area contributed by atoms with Crippen molar-refractivity contribution in [2.75, 3.05) is 39.3 Å². The van der Waals surface area contributed by atoms with Crippen LogP contribution in [0.4, 0.5) is 0 Å². The first-order valence-electron chi connectivity index (χ1n) is 11.9. The predicted octanol–water partition coefficient (Wildman–Crippen LogP) is 2.18. The van der Waals surface area contributed by atoms with Crippen LogP contribution >= 0.6 is 0 Å². The molecule has 0 spiro atoms. The van der Waals surface area contributed by atoms with Gasteiger partial charge >= 0.3 is 0 Å². The molecule has 1 amide bonds.